The molecule has 2 nitrogen and oxygen atoms in total. The van der Waals surface area contributed by atoms with Gasteiger partial charge in [-0.25, -0.2) is 0 Å². The highest BCUT2D eigenvalue weighted by Gasteiger charge is 2.50. The number of benzene rings is 6. The van der Waals surface area contributed by atoms with Crippen molar-refractivity contribution in [2.24, 2.45) is 0 Å². The van der Waals surface area contributed by atoms with Crippen molar-refractivity contribution in [2.45, 2.75) is 5.41 Å². The second-order valence-electron chi connectivity index (χ2n) is 10.6. The molecule has 3 heteroatoms. The van der Waals surface area contributed by atoms with E-state index in [1.54, 1.807) is 0 Å². The summed E-state index contributed by atoms with van der Waals surface area (Å²) >= 11 is 1.84. The number of fused-ring (bicyclic) bond motifs is 12. The van der Waals surface area contributed by atoms with Gasteiger partial charge in [0.05, 0.1) is 5.41 Å². The van der Waals surface area contributed by atoms with E-state index in [9.17, 15) is 0 Å². The Morgan fingerprint density at radius 1 is 0.475 bits per heavy atom. The topological polar surface area (TPSA) is 21.3 Å². The molecule has 188 valence electrons. The van der Waals surface area contributed by atoms with Crippen LogP contribution in [0.15, 0.2) is 133 Å². The Morgan fingerprint density at radius 2 is 1.07 bits per heavy atom. The number of hydrogen-bond donors (Lipinski definition) is 1. The Labute approximate surface area is 236 Å². The van der Waals surface area contributed by atoms with Gasteiger partial charge in [0, 0.05) is 48.7 Å². The van der Waals surface area contributed by atoms with Gasteiger partial charge in [0.25, 0.3) is 0 Å². The summed E-state index contributed by atoms with van der Waals surface area (Å²) in [7, 11) is 0. The molecule has 40 heavy (non-hydrogen) atoms. The third-order valence-corrected chi connectivity index (χ3v) is 9.67. The van der Waals surface area contributed by atoms with Gasteiger partial charge in [-0.2, -0.15) is 0 Å². The minimum absolute atomic E-state index is 0.426. The van der Waals surface area contributed by atoms with Crippen LogP contribution in [-0.4, -0.2) is 0 Å². The van der Waals surface area contributed by atoms with Gasteiger partial charge in [0.2, 0.25) is 0 Å². The molecule has 1 aliphatic heterocycles. The van der Waals surface area contributed by atoms with Crippen molar-refractivity contribution in [1.29, 1.82) is 0 Å². The molecule has 1 spiro atoms. The molecular formula is C37H23NOS. The van der Waals surface area contributed by atoms with Gasteiger partial charge in [0.15, 0.2) is 0 Å². The maximum atomic E-state index is 6.65. The fourth-order valence-electron chi connectivity index (χ4n) is 6.91. The summed E-state index contributed by atoms with van der Waals surface area (Å²) in [6.45, 7) is 0. The molecule has 1 N–H and O–H groups in total. The van der Waals surface area contributed by atoms with Crippen molar-refractivity contribution in [3.8, 4) is 22.6 Å². The first-order valence-electron chi connectivity index (χ1n) is 13.6. The van der Waals surface area contributed by atoms with E-state index in [-0.39, 0.29) is 0 Å². The molecule has 2 aliphatic rings. The third-order valence-electron chi connectivity index (χ3n) is 8.51. The zero-order valence-electron chi connectivity index (χ0n) is 21.5. The van der Waals surface area contributed by atoms with E-state index in [0.717, 1.165) is 22.9 Å². The molecule has 6 aromatic carbocycles. The van der Waals surface area contributed by atoms with Crippen molar-refractivity contribution < 1.29 is 4.74 Å². The van der Waals surface area contributed by atoms with Crippen molar-refractivity contribution in [2.75, 3.05) is 5.32 Å². The lowest BCUT2D eigenvalue weighted by Gasteiger charge is -2.39. The normalized spacial score (nSPS) is 13.9. The predicted octanol–water partition coefficient (Wildman–Crippen LogP) is 10.3. The van der Waals surface area contributed by atoms with E-state index in [1.807, 2.05) is 11.3 Å². The molecule has 1 aromatic heterocycles. The highest BCUT2D eigenvalue weighted by Crippen LogP contribution is 2.62. The molecule has 0 amide bonds. The number of nitrogens with one attached hydrogen (secondary N) is 1. The lowest BCUT2D eigenvalue weighted by atomic mass is 9.66. The number of rotatable bonds is 2. The molecule has 2 heterocycles. The summed E-state index contributed by atoms with van der Waals surface area (Å²) in [6, 6.07) is 48.0. The Balaban J connectivity index is 1.22. The number of thiophene rings is 1. The van der Waals surface area contributed by atoms with Crippen molar-refractivity contribution in [1.82, 2.24) is 0 Å². The van der Waals surface area contributed by atoms with Crippen LogP contribution in [0, 0.1) is 0 Å². The number of anilines is 2. The quantitative estimate of drug-likeness (QED) is 0.240. The molecular weight excluding hydrogens is 506 g/mol. The van der Waals surface area contributed by atoms with Crippen LogP contribution in [0.25, 0.3) is 31.3 Å². The number of ether oxygens (including phenoxy) is 1. The summed E-state index contributed by atoms with van der Waals surface area (Å²) in [4.78, 5) is 0. The average molecular weight is 530 g/mol. The second kappa shape index (κ2) is 8.08. The summed E-state index contributed by atoms with van der Waals surface area (Å²) in [5.41, 5.74) is 9.21. The molecule has 0 saturated heterocycles. The Kier molecular flexibility index (Phi) is 4.44. The van der Waals surface area contributed by atoms with Gasteiger partial charge < -0.3 is 10.1 Å². The standard InChI is InChI=1S/C37H23NOS/c1-4-12-29-25(9-1)26-10-2-5-13-30(26)37(29)31-14-6-7-15-33(31)39-34-22-24(17-19-32(34)37)38-23-18-20-36-28(21-23)27-11-3-8-16-35(27)40-36/h1-22,38H. The third kappa shape index (κ3) is 2.87. The number of hydrogen-bond acceptors (Lipinski definition) is 3. The van der Waals surface area contributed by atoms with Gasteiger partial charge >= 0.3 is 0 Å². The first-order chi connectivity index (χ1) is 19.8. The fraction of sp³-hybridized carbons (Fsp3) is 0.0270. The highest BCUT2D eigenvalue weighted by atomic mass is 32.1. The molecule has 0 unspecified atom stereocenters. The summed E-state index contributed by atoms with van der Waals surface area (Å²) in [5.74, 6) is 1.79. The molecule has 0 fully saturated rings. The van der Waals surface area contributed by atoms with Crippen LogP contribution < -0.4 is 10.1 Å². The molecule has 9 rings (SSSR count). The predicted molar refractivity (Wildman–Crippen MR) is 166 cm³/mol. The monoisotopic (exact) mass is 529 g/mol. The van der Waals surface area contributed by atoms with Crippen LogP contribution >= 0.6 is 11.3 Å². The van der Waals surface area contributed by atoms with E-state index in [4.69, 9.17) is 4.74 Å². The first-order valence-corrected chi connectivity index (χ1v) is 14.4. The molecule has 0 saturated carbocycles. The smallest absolute Gasteiger partial charge is 0.134 e. The van der Waals surface area contributed by atoms with Crippen molar-refractivity contribution in [3.05, 3.63) is 156 Å². The van der Waals surface area contributed by atoms with Crippen LogP contribution in [0.3, 0.4) is 0 Å². The van der Waals surface area contributed by atoms with E-state index in [0.29, 0.717) is 0 Å². The van der Waals surface area contributed by atoms with Crippen LogP contribution in [0.1, 0.15) is 22.3 Å². The zero-order chi connectivity index (χ0) is 26.3. The summed E-state index contributed by atoms with van der Waals surface area (Å²) < 4.78 is 9.27. The van der Waals surface area contributed by atoms with Gasteiger partial charge in [-0.05, 0) is 58.7 Å². The summed E-state index contributed by atoms with van der Waals surface area (Å²) in [5, 5.41) is 6.25. The van der Waals surface area contributed by atoms with E-state index in [1.165, 1.54) is 53.6 Å². The van der Waals surface area contributed by atoms with Gasteiger partial charge in [-0.1, -0.05) is 91.0 Å². The SMILES string of the molecule is c1ccc2c(c1)Oc1cc(Nc3ccc4sc5ccccc5c4c3)ccc1C21c2ccccc2-c2ccccc21. The van der Waals surface area contributed by atoms with Crippen molar-refractivity contribution in [3.63, 3.8) is 0 Å². The molecule has 0 atom stereocenters. The molecule has 1 aliphatic carbocycles. The van der Waals surface area contributed by atoms with Gasteiger partial charge in [-0.15, -0.1) is 11.3 Å². The minimum Gasteiger partial charge on any atom is -0.457 e. The Morgan fingerprint density at radius 3 is 1.90 bits per heavy atom. The van der Waals surface area contributed by atoms with Gasteiger partial charge in [-0.3, -0.25) is 0 Å². The second-order valence-corrected chi connectivity index (χ2v) is 11.7. The van der Waals surface area contributed by atoms with Gasteiger partial charge in [0.1, 0.15) is 11.5 Å². The van der Waals surface area contributed by atoms with Crippen LogP contribution in [0.2, 0.25) is 0 Å². The van der Waals surface area contributed by atoms with Crippen LogP contribution in [0.4, 0.5) is 11.4 Å². The minimum atomic E-state index is -0.426. The number of para-hydroxylation sites is 1. The Bertz CT molecular complexity index is 2090. The summed E-state index contributed by atoms with van der Waals surface area (Å²) in [6.07, 6.45) is 0. The lowest BCUT2D eigenvalue weighted by Crippen LogP contribution is -2.32. The molecule has 0 bridgehead atoms. The zero-order valence-corrected chi connectivity index (χ0v) is 22.3. The first kappa shape index (κ1) is 22.0. The molecule has 7 aromatic rings. The van der Waals surface area contributed by atoms with E-state index < -0.39 is 5.41 Å². The molecule has 0 radical (unpaired) electrons. The van der Waals surface area contributed by atoms with Crippen LogP contribution in [0.5, 0.6) is 11.5 Å². The van der Waals surface area contributed by atoms with Crippen molar-refractivity contribution >= 4 is 42.9 Å². The van der Waals surface area contributed by atoms with Crippen LogP contribution in [-0.2, 0) is 5.41 Å². The highest BCUT2D eigenvalue weighted by molar-refractivity contribution is 7.25. The Hall–Kier alpha value is -4.86. The lowest BCUT2D eigenvalue weighted by molar-refractivity contribution is 0.436. The maximum Gasteiger partial charge on any atom is 0.134 e. The maximum absolute atomic E-state index is 6.65. The van der Waals surface area contributed by atoms with E-state index >= 15 is 0 Å². The van der Waals surface area contributed by atoms with E-state index in [2.05, 4.69) is 139 Å². The largest absolute Gasteiger partial charge is 0.457 e. The fourth-order valence-corrected chi connectivity index (χ4v) is 8.00. The average Bonchev–Trinajstić information content (AvgIpc) is 3.51.